The third-order valence-electron chi connectivity index (χ3n) is 6.98. The lowest BCUT2D eigenvalue weighted by Crippen LogP contribution is -2.47. The van der Waals surface area contributed by atoms with E-state index in [4.69, 9.17) is 4.74 Å². The Labute approximate surface area is 239 Å². The molecule has 220 valence electrons. The molecule has 10 nitrogen and oxygen atoms in total. The Kier molecular flexibility index (Phi) is 8.01. The molecule has 42 heavy (non-hydrogen) atoms. The largest absolute Gasteiger partial charge is 0.479 e. The number of anilines is 1. The standard InChI is InChI=1S/C29H28F3N5O5/c1-35(2)27(39)23(12-18-6-4-3-5-7-18)37-16-22-21(26(37)38)13-19(14-33-22)36-11-10-24(28(36)40)42-20-8-9-25(34-15-20)41-17-29(30,31)32/h3-9,13-15,23-24H,10-12,16-17H2,1-2H3/t23?,24-/m1/s1. The Balaban J connectivity index is 1.27. The molecule has 1 saturated heterocycles. The van der Waals surface area contributed by atoms with Crippen LogP contribution in [0, 0.1) is 0 Å². The van der Waals surface area contributed by atoms with Gasteiger partial charge >= 0.3 is 6.18 Å². The maximum atomic E-state index is 13.5. The molecule has 0 spiro atoms. The van der Waals surface area contributed by atoms with Crippen LogP contribution in [0.3, 0.4) is 0 Å². The number of amides is 3. The normalized spacial score (nSPS) is 17.3. The summed E-state index contributed by atoms with van der Waals surface area (Å²) in [5.41, 5.74) is 2.19. The van der Waals surface area contributed by atoms with Crippen molar-refractivity contribution in [1.29, 1.82) is 0 Å². The first-order valence-corrected chi connectivity index (χ1v) is 13.2. The van der Waals surface area contributed by atoms with Gasteiger partial charge in [0, 0.05) is 39.5 Å². The van der Waals surface area contributed by atoms with Gasteiger partial charge in [-0.05, 0) is 17.7 Å². The minimum Gasteiger partial charge on any atom is -0.479 e. The Bertz CT molecular complexity index is 1470. The molecular formula is C29H28F3N5O5. The van der Waals surface area contributed by atoms with Crippen molar-refractivity contribution >= 4 is 23.4 Å². The lowest BCUT2D eigenvalue weighted by atomic mass is 10.0. The van der Waals surface area contributed by atoms with Gasteiger partial charge in [0.1, 0.15) is 11.8 Å². The number of halogens is 3. The second kappa shape index (κ2) is 11.7. The van der Waals surface area contributed by atoms with Gasteiger partial charge in [-0.2, -0.15) is 13.2 Å². The van der Waals surface area contributed by atoms with E-state index in [1.807, 2.05) is 30.3 Å². The minimum atomic E-state index is -4.49. The Morgan fingerprint density at radius 1 is 1.10 bits per heavy atom. The minimum absolute atomic E-state index is 0.168. The molecule has 3 amide bonds. The van der Waals surface area contributed by atoms with Crippen molar-refractivity contribution in [2.75, 3.05) is 32.1 Å². The van der Waals surface area contributed by atoms with Gasteiger partial charge in [-0.3, -0.25) is 19.4 Å². The number of pyridine rings is 2. The molecule has 5 rings (SSSR count). The van der Waals surface area contributed by atoms with Gasteiger partial charge in [-0.1, -0.05) is 30.3 Å². The fourth-order valence-corrected chi connectivity index (χ4v) is 4.91. The molecule has 2 aromatic heterocycles. The van der Waals surface area contributed by atoms with E-state index in [-0.39, 0.29) is 35.9 Å². The van der Waals surface area contributed by atoms with E-state index in [0.29, 0.717) is 36.3 Å². The van der Waals surface area contributed by atoms with Crippen LogP contribution in [0.1, 0.15) is 28.0 Å². The first-order chi connectivity index (χ1) is 20.0. The van der Waals surface area contributed by atoms with Crippen LogP contribution in [-0.2, 0) is 22.6 Å². The Morgan fingerprint density at radius 3 is 2.52 bits per heavy atom. The molecule has 0 N–H and O–H groups in total. The van der Waals surface area contributed by atoms with E-state index in [1.54, 1.807) is 20.2 Å². The van der Waals surface area contributed by atoms with E-state index >= 15 is 0 Å². The van der Waals surface area contributed by atoms with Crippen molar-refractivity contribution in [3.8, 4) is 11.6 Å². The molecule has 2 aliphatic heterocycles. The number of hydrogen-bond donors (Lipinski definition) is 0. The fraction of sp³-hybridized carbons (Fsp3) is 0.345. The summed E-state index contributed by atoms with van der Waals surface area (Å²) < 4.78 is 47.3. The number of alkyl halides is 3. The molecule has 1 aromatic carbocycles. The molecule has 3 aromatic rings. The van der Waals surface area contributed by atoms with Crippen LogP contribution in [0.2, 0.25) is 0 Å². The highest BCUT2D eigenvalue weighted by atomic mass is 19.4. The molecule has 1 fully saturated rings. The second-order valence-electron chi connectivity index (χ2n) is 10.2. The number of rotatable bonds is 9. The van der Waals surface area contributed by atoms with Gasteiger partial charge < -0.3 is 24.2 Å². The summed E-state index contributed by atoms with van der Waals surface area (Å²) in [6.45, 7) is -0.996. The first-order valence-electron chi connectivity index (χ1n) is 13.2. The van der Waals surface area contributed by atoms with Crippen molar-refractivity contribution in [3.63, 3.8) is 0 Å². The van der Waals surface area contributed by atoms with Crippen molar-refractivity contribution in [2.45, 2.75) is 37.7 Å². The van der Waals surface area contributed by atoms with Gasteiger partial charge in [0.15, 0.2) is 12.7 Å². The Morgan fingerprint density at radius 2 is 1.86 bits per heavy atom. The van der Waals surface area contributed by atoms with Crippen LogP contribution < -0.4 is 14.4 Å². The van der Waals surface area contributed by atoms with Gasteiger partial charge in [-0.25, -0.2) is 4.98 Å². The second-order valence-corrected chi connectivity index (χ2v) is 10.2. The summed E-state index contributed by atoms with van der Waals surface area (Å²) in [7, 11) is 3.29. The van der Waals surface area contributed by atoms with Crippen molar-refractivity contribution in [2.24, 2.45) is 0 Å². The number of benzene rings is 1. The highest BCUT2D eigenvalue weighted by Gasteiger charge is 2.40. The van der Waals surface area contributed by atoms with Crippen LogP contribution in [0.4, 0.5) is 18.9 Å². The molecule has 13 heteroatoms. The lowest BCUT2D eigenvalue weighted by molar-refractivity contribution is -0.154. The van der Waals surface area contributed by atoms with Crippen molar-refractivity contribution < 1.29 is 37.0 Å². The van der Waals surface area contributed by atoms with E-state index in [1.165, 1.54) is 39.2 Å². The maximum Gasteiger partial charge on any atom is 0.422 e. The maximum absolute atomic E-state index is 13.5. The van der Waals surface area contributed by atoms with Crippen LogP contribution >= 0.6 is 0 Å². The molecular weight excluding hydrogens is 555 g/mol. The van der Waals surface area contributed by atoms with E-state index in [2.05, 4.69) is 14.7 Å². The van der Waals surface area contributed by atoms with Crippen LogP contribution in [0.15, 0.2) is 60.9 Å². The topological polar surface area (TPSA) is 105 Å². The SMILES string of the molecule is CN(C)C(=O)C(Cc1ccccc1)N1Cc2ncc(N3CC[C@@H](Oc4ccc(OCC(F)(F)F)nc4)C3=O)cc2C1=O. The van der Waals surface area contributed by atoms with Crippen LogP contribution in [0.25, 0.3) is 0 Å². The molecule has 0 bridgehead atoms. The van der Waals surface area contributed by atoms with E-state index in [9.17, 15) is 27.6 Å². The van der Waals surface area contributed by atoms with Gasteiger partial charge in [0.25, 0.3) is 11.8 Å². The van der Waals surface area contributed by atoms with Crippen LogP contribution in [0.5, 0.6) is 11.6 Å². The number of aromatic nitrogens is 2. The number of nitrogens with zero attached hydrogens (tertiary/aromatic N) is 5. The smallest absolute Gasteiger partial charge is 0.422 e. The van der Waals surface area contributed by atoms with Gasteiger partial charge in [0.2, 0.25) is 11.8 Å². The zero-order valence-corrected chi connectivity index (χ0v) is 22.9. The average molecular weight is 584 g/mol. The number of fused-ring (bicyclic) bond motifs is 1. The van der Waals surface area contributed by atoms with E-state index < -0.39 is 24.9 Å². The lowest BCUT2D eigenvalue weighted by Gasteiger charge is -2.29. The summed E-state index contributed by atoms with van der Waals surface area (Å²) in [4.78, 5) is 52.5. The highest BCUT2D eigenvalue weighted by molar-refractivity contribution is 6.03. The number of carbonyl (C=O) groups is 3. The molecule has 2 aliphatic rings. The zero-order chi connectivity index (χ0) is 30.0. The van der Waals surface area contributed by atoms with E-state index in [0.717, 1.165) is 5.56 Å². The quantitative estimate of drug-likeness (QED) is 0.381. The molecule has 2 atom stereocenters. The third-order valence-corrected chi connectivity index (χ3v) is 6.98. The molecule has 0 aliphatic carbocycles. The van der Waals surface area contributed by atoms with Crippen molar-refractivity contribution in [3.05, 3.63) is 77.7 Å². The number of hydrogen-bond acceptors (Lipinski definition) is 7. The fourth-order valence-electron chi connectivity index (χ4n) is 4.91. The average Bonchev–Trinajstić information content (AvgIpc) is 3.49. The molecule has 4 heterocycles. The number of likely N-dealkylation sites (N-methyl/N-ethyl adjacent to an activating group) is 1. The summed E-state index contributed by atoms with van der Waals surface area (Å²) in [6, 6.07) is 12.9. The zero-order valence-electron chi connectivity index (χ0n) is 22.9. The Hall–Kier alpha value is -4.68. The van der Waals surface area contributed by atoms with Crippen molar-refractivity contribution in [1.82, 2.24) is 19.8 Å². The highest BCUT2D eigenvalue weighted by Crippen LogP contribution is 2.31. The molecule has 0 saturated carbocycles. The van der Waals surface area contributed by atoms with Gasteiger partial charge in [-0.15, -0.1) is 0 Å². The number of carbonyl (C=O) groups excluding carboxylic acids is 3. The molecule has 0 radical (unpaired) electrons. The predicted molar refractivity (Wildman–Crippen MR) is 144 cm³/mol. The van der Waals surface area contributed by atoms with Crippen LogP contribution in [-0.4, -0.2) is 83.1 Å². The summed E-state index contributed by atoms with van der Waals surface area (Å²) in [5.74, 6) is -0.929. The monoisotopic (exact) mass is 583 g/mol. The summed E-state index contributed by atoms with van der Waals surface area (Å²) >= 11 is 0. The predicted octanol–water partition coefficient (Wildman–Crippen LogP) is 3.26. The first kappa shape index (κ1) is 28.8. The van der Waals surface area contributed by atoms with Gasteiger partial charge in [0.05, 0.1) is 35.9 Å². The summed E-state index contributed by atoms with van der Waals surface area (Å²) in [6.07, 6.45) is -1.96. The number of ether oxygens (including phenoxy) is 2. The summed E-state index contributed by atoms with van der Waals surface area (Å²) in [5, 5.41) is 0. The molecule has 1 unspecified atom stereocenters. The third kappa shape index (κ3) is 6.29.